The molecule has 196 valence electrons. The van der Waals surface area contributed by atoms with Gasteiger partial charge in [0, 0.05) is 51.9 Å². The molecule has 7 nitrogen and oxygen atoms in total. The minimum absolute atomic E-state index is 0.0696. The highest BCUT2D eigenvalue weighted by Crippen LogP contribution is 2.43. The topological polar surface area (TPSA) is 79.9 Å². The highest BCUT2D eigenvalue weighted by molar-refractivity contribution is 5.94. The molecule has 2 amide bonds. The van der Waals surface area contributed by atoms with Crippen molar-refractivity contribution in [1.29, 1.82) is 0 Å². The van der Waals surface area contributed by atoms with E-state index in [4.69, 9.17) is 9.47 Å². The first-order valence-electron chi connectivity index (χ1n) is 13.1. The quantitative estimate of drug-likeness (QED) is 0.311. The maximum atomic E-state index is 14.1. The van der Waals surface area contributed by atoms with Crippen molar-refractivity contribution >= 4 is 12.0 Å². The van der Waals surface area contributed by atoms with Crippen molar-refractivity contribution in [2.45, 2.75) is 75.9 Å². The van der Waals surface area contributed by atoms with E-state index in [1.165, 1.54) is 50.3 Å². The Kier molecular flexibility index (Phi) is 10.3. The van der Waals surface area contributed by atoms with Gasteiger partial charge in [-0.25, -0.2) is 14.0 Å². The lowest BCUT2D eigenvalue weighted by atomic mass is 9.84. The maximum absolute atomic E-state index is 14.1. The van der Waals surface area contributed by atoms with Gasteiger partial charge in [0.2, 0.25) is 0 Å². The lowest BCUT2D eigenvalue weighted by molar-refractivity contribution is -0.0219. The van der Waals surface area contributed by atoms with Gasteiger partial charge in [0.1, 0.15) is 11.4 Å². The zero-order valence-corrected chi connectivity index (χ0v) is 21.5. The van der Waals surface area contributed by atoms with Gasteiger partial charge in [-0.3, -0.25) is 0 Å². The van der Waals surface area contributed by atoms with Crippen LogP contribution in [-0.4, -0.2) is 63.8 Å². The van der Waals surface area contributed by atoms with Crippen LogP contribution in [0.4, 0.5) is 9.18 Å². The van der Waals surface area contributed by atoms with E-state index in [9.17, 15) is 14.0 Å². The number of methoxy groups -OCH3 is 1. The molecular weight excluding hydrogens is 449 g/mol. The summed E-state index contributed by atoms with van der Waals surface area (Å²) in [6.45, 7) is 1.72. The molecule has 1 saturated carbocycles. The second kappa shape index (κ2) is 13.2. The van der Waals surface area contributed by atoms with Gasteiger partial charge in [-0.2, -0.15) is 0 Å². The molecule has 2 aliphatic rings. The van der Waals surface area contributed by atoms with Crippen LogP contribution >= 0.6 is 0 Å². The highest BCUT2D eigenvalue weighted by Gasteiger charge is 2.45. The number of ether oxygens (including phenoxy) is 2. The first-order valence-corrected chi connectivity index (χ1v) is 13.1. The number of hydrogen-bond donors (Lipinski definition) is 2. The summed E-state index contributed by atoms with van der Waals surface area (Å²) < 4.78 is 25.2. The molecule has 3 rings (SSSR count). The third-order valence-electron chi connectivity index (χ3n) is 7.48. The number of cyclic esters (lactones) is 1. The van der Waals surface area contributed by atoms with Crippen LogP contribution in [-0.2, 0) is 15.1 Å². The molecule has 0 saturated heterocycles. The number of nitrogens with one attached hydrogen (secondary N) is 2. The van der Waals surface area contributed by atoms with Crippen LogP contribution in [0.25, 0.3) is 0 Å². The summed E-state index contributed by atoms with van der Waals surface area (Å²) in [5, 5.41) is 6.39. The lowest BCUT2D eigenvalue weighted by Gasteiger charge is -2.32. The summed E-state index contributed by atoms with van der Waals surface area (Å²) in [6, 6.07) is 4.12. The molecule has 2 N–H and O–H groups in total. The van der Waals surface area contributed by atoms with Gasteiger partial charge in [0.05, 0.1) is 5.56 Å². The Morgan fingerprint density at radius 3 is 2.74 bits per heavy atom. The Hall–Kier alpha value is -2.19. The first kappa shape index (κ1) is 27.4. The molecule has 8 heteroatoms. The van der Waals surface area contributed by atoms with Gasteiger partial charge in [0.25, 0.3) is 0 Å². The number of rotatable bonds is 13. The van der Waals surface area contributed by atoms with Crippen LogP contribution in [0.15, 0.2) is 18.2 Å². The van der Waals surface area contributed by atoms with Crippen molar-refractivity contribution in [3.63, 3.8) is 0 Å². The fourth-order valence-electron chi connectivity index (χ4n) is 5.51. The largest absolute Gasteiger partial charge is 0.450 e. The number of benzene rings is 1. The van der Waals surface area contributed by atoms with Gasteiger partial charge >= 0.3 is 12.0 Å². The van der Waals surface area contributed by atoms with E-state index < -0.39 is 17.4 Å². The molecule has 1 aliphatic carbocycles. The predicted molar refractivity (Wildman–Crippen MR) is 134 cm³/mol. The summed E-state index contributed by atoms with van der Waals surface area (Å²) in [5.41, 5.74) is 0.0504. The van der Waals surface area contributed by atoms with E-state index in [-0.39, 0.29) is 12.1 Å². The van der Waals surface area contributed by atoms with Crippen molar-refractivity contribution in [3.8, 4) is 0 Å². The monoisotopic (exact) mass is 491 g/mol. The van der Waals surface area contributed by atoms with Crippen LogP contribution in [0.3, 0.4) is 0 Å². The van der Waals surface area contributed by atoms with Crippen molar-refractivity contribution in [2.75, 3.05) is 40.9 Å². The van der Waals surface area contributed by atoms with Crippen molar-refractivity contribution in [1.82, 2.24) is 15.5 Å². The molecule has 2 atom stereocenters. The standard InChI is InChI=1S/C27H42FN3O4/c1-29-19-22(17-20-9-5-4-6-10-20)30-26(33)31(2)15-14-27(13-7-8-16-34-3)24-18-21(28)11-12-23(24)25(32)35-27/h11-12,18,20,22,29H,4-10,13-17,19H2,1-3H3,(H,30,33)/t22-,27?/m0/s1. The summed E-state index contributed by atoms with van der Waals surface area (Å²) in [6.07, 6.45) is 9.85. The second-order valence-electron chi connectivity index (χ2n) is 10.1. The van der Waals surface area contributed by atoms with E-state index in [1.807, 2.05) is 7.05 Å². The predicted octanol–water partition coefficient (Wildman–Crippen LogP) is 4.60. The molecule has 1 fully saturated rings. The van der Waals surface area contributed by atoms with Crippen molar-refractivity contribution in [3.05, 3.63) is 35.1 Å². The fraction of sp³-hybridized carbons (Fsp3) is 0.704. The van der Waals surface area contributed by atoms with Crippen LogP contribution in [0.1, 0.15) is 80.1 Å². The van der Waals surface area contributed by atoms with Gasteiger partial charge < -0.3 is 25.0 Å². The maximum Gasteiger partial charge on any atom is 0.339 e. The summed E-state index contributed by atoms with van der Waals surface area (Å²) in [5.74, 6) is -0.167. The average molecular weight is 492 g/mol. The zero-order valence-electron chi connectivity index (χ0n) is 21.5. The molecule has 0 aromatic heterocycles. The van der Waals surface area contributed by atoms with E-state index in [0.29, 0.717) is 43.0 Å². The average Bonchev–Trinajstić information content (AvgIpc) is 3.12. The summed E-state index contributed by atoms with van der Waals surface area (Å²) >= 11 is 0. The van der Waals surface area contributed by atoms with E-state index in [0.717, 1.165) is 25.8 Å². The summed E-state index contributed by atoms with van der Waals surface area (Å²) in [4.78, 5) is 27.3. The summed E-state index contributed by atoms with van der Waals surface area (Å²) in [7, 11) is 5.32. The number of carbonyl (C=O) groups excluding carboxylic acids is 2. The van der Waals surface area contributed by atoms with E-state index in [2.05, 4.69) is 10.6 Å². The number of nitrogens with zero attached hydrogens (tertiary/aromatic N) is 1. The van der Waals surface area contributed by atoms with E-state index >= 15 is 0 Å². The number of halogens is 1. The SMILES string of the molecule is CNC[C@H](CC1CCCCC1)NC(=O)N(C)CCC1(CCCCOC)OC(=O)c2ccc(F)cc21. The Balaban J connectivity index is 1.64. The Morgan fingerprint density at radius 2 is 2.03 bits per heavy atom. The molecule has 1 unspecified atom stereocenters. The van der Waals surface area contributed by atoms with Crippen LogP contribution in [0, 0.1) is 11.7 Å². The van der Waals surface area contributed by atoms with E-state index in [1.54, 1.807) is 19.1 Å². The molecule has 1 aromatic carbocycles. The second-order valence-corrected chi connectivity index (χ2v) is 10.1. The normalized spacial score (nSPS) is 20.9. The minimum atomic E-state index is -0.941. The number of likely N-dealkylation sites (N-methyl/N-ethyl adjacent to an activating group) is 1. The van der Waals surface area contributed by atoms with Crippen LogP contribution in [0.5, 0.6) is 0 Å². The van der Waals surface area contributed by atoms with Crippen LogP contribution in [0.2, 0.25) is 0 Å². The van der Waals surface area contributed by atoms with Crippen molar-refractivity contribution < 1.29 is 23.5 Å². The Labute approximate surface area is 209 Å². The zero-order chi connectivity index (χ0) is 25.3. The number of hydrogen-bond acceptors (Lipinski definition) is 5. The minimum Gasteiger partial charge on any atom is -0.450 e. The Morgan fingerprint density at radius 1 is 1.26 bits per heavy atom. The smallest absolute Gasteiger partial charge is 0.339 e. The third-order valence-corrected chi connectivity index (χ3v) is 7.48. The van der Waals surface area contributed by atoms with Crippen LogP contribution < -0.4 is 10.6 Å². The number of esters is 1. The van der Waals surface area contributed by atoms with Gasteiger partial charge in [-0.15, -0.1) is 0 Å². The molecular formula is C27H42FN3O4. The highest BCUT2D eigenvalue weighted by atomic mass is 19.1. The fourth-order valence-corrected chi connectivity index (χ4v) is 5.51. The molecule has 1 aliphatic heterocycles. The third kappa shape index (κ3) is 7.40. The van der Waals surface area contributed by atoms with Gasteiger partial charge in [-0.1, -0.05) is 32.1 Å². The number of urea groups is 1. The lowest BCUT2D eigenvalue weighted by Crippen LogP contribution is -2.48. The molecule has 0 spiro atoms. The Bertz CT molecular complexity index is 846. The molecule has 0 bridgehead atoms. The number of fused-ring (bicyclic) bond motifs is 1. The number of unbranched alkanes of at least 4 members (excludes halogenated alkanes) is 1. The first-order chi connectivity index (χ1) is 16.9. The number of carbonyl (C=O) groups is 2. The van der Waals surface area contributed by atoms with Gasteiger partial charge in [0.15, 0.2) is 0 Å². The molecule has 35 heavy (non-hydrogen) atoms. The molecule has 1 heterocycles. The number of amides is 2. The molecule has 0 radical (unpaired) electrons. The van der Waals surface area contributed by atoms with Crippen molar-refractivity contribution in [2.24, 2.45) is 5.92 Å². The molecule has 1 aromatic rings. The van der Waals surface area contributed by atoms with Gasteiger partial charge in [-0.05, 0) is 56.8 Å².